The van der Waals surface area contributed by atoms with Crippen LogP contribution in [0.15, 0.2) is 48.5 Å². The van der Waals surface area contributed by atoms with Gasteiger partial charge in [-0.05, 0) is 0 Å². The molecule has 0 atom stereocenters. The SMILES string of the molecule is CC(=O)O[Te]1(OC(C)=O)c2ccccc2C(=O)c2ccccc21. The van der Waals surface area contributed by atoms with Gasteiger partial charge < -0.3 is 0 Å². The van der Waals surface area contributed by atoms with Crippen LogP contribution in [0.4, 0.5) is 0 Å². The first kappa shape index (κ1) is 15.7. The molecule has 118 valence electrons. The summed E-state index contributed by atoms with van der Waals surface area (Å²) in [6, 6.07) is 13.7. The molecule has 5 nitrogen and oxygen atoms in total. The second-order valence-electron chi connectivity index (χ2n) is 4.97. The molecular weight excluding hydrogens is 412 g/mol. The Labute approximate surface area is 138 Å². The van der Waals surface area contributed by atoms with Crippen molar-refractivity contribution in [1.29, 1.82) is 0 Å². The fourth-order valence-corrected chi connectivity index (χ4v) is 10.3. The van der Waals surface area contributed by atoms with E-state index in [1.165, 1.54) is 13.8 Å². The molecule has 0 N–H and O–H groups in total. The molecule has 0 bridgehead atoms. The average Bonchev–Trinajstić information content (AvgIpc) is 2.52. The normalized spacial score (nSPS) is 15.8. The molecule has 0 aliphatic carbocycles. The van der Waals surface area contributed by atoms with Gasteiger partial charge in [0.25, 0.3) is 0 Å². The van der Waals surface area contributed by atoms with Crippen LogP contribution in [0.5, 0.6) is 0 Å². The molecule has 1 heterocycles. The predicted molar refractivity (Wildman–Crippen MR) is 84.9 cm³/mol. The quantitative estimate of drug-likeness (QED) is 0.669. The molecular formula is C17H14O5Te. The van der Waals surface area contributed by atoms with Gasteiger partial charge in [-0.3, -0.25) is 0 Å². The molecule has 0 unspecified atom stereocenters. The van der Waals surface area contributed by atoms with Crippen LogP contribution in [0.3, 0.4) is 0 Å². The van der Waals surface area contributed by atoms with Gasteiger partial charge in [0.15, 0.2) is 0 Å². The Morgan fingerprint density at radius 3 is 1.57 bits per heavy atom. The molecule has 0 aromatic heterocycles. The van der Waals surface area contributed by atoms with Gasteiger partial charge in [0.1, 0.15) is 0 Å². The third kappa shape index (κ3) is 2.54. The van der Waals surface area contributed by atoms with Gasteiger partial charge in [0.2, 0.25) is 0 Å². The third-order valence-electron chi connectivity index (χ3n) is 3.31. The zero-order valence-electron chi connectivity index (χ0n) is 12.6. The molecule has 0 saturated heterocycles. The van der Waals surface area contributed by atoms with Crippen LogP contribution < -0.4 is 7.22 Å². The summed E-state index contributed by atoms with van der Waals surface area (Å²) in [6.07, 6.45) is 0. The Morgan fingerprint density at radius 2 is 1.17 bits per heavy atom. The van der Waals surface area contributed by atoms with Crippen LogP contribution in [0.25, 0.3) is 0 Å². The second-order valence-corrected chi connectivity index (χ2v) is 11.3. The summed E-state index contributed by atoms with van der Waals surface area (Å²) in [5, 5.41) is 0. The average molecular weight is 426 g/mol. The Kier molecular flexibility index (Phi) is 3.97. The van der Waals surface area contributed by atoms with Crippen LogP contribution in [0, 0.1) is 0 Å². The molecule has 1 aliphatic heterocycles. The fourth-order valence-electron chi connectivity index (χ4n) is 2.57. The molecule has 2 aromatic rings. The maximum absolute atomic E-state index is 12.7. The van der Waals surface area contributed by atoms with Gasteiger partial charge in [0, 0.05) is 0 Å². The summed E-state index contributed by atoms with van der Waals surface area (Å²) in [5.41, 5.74) is 0.852. The number of rotatable bonds is 2. The summed E-state index contributed by atoms with van der Waals surface area (Å²) in [4.78, 5) is 36.2. The van der Waals surface area contributed by atoms with Crippen LogP contribution in [0.2, 0.25) is 0 Å². The molecule has 0 radical (unpaired) electrons. The zero-order chi connectivity index (χ0) is 16.6. The van der Waals surface area contributed by atoms with Gasteiger partial charge in [-0.1, -0.05) is 0 Å². The maximum atomic E-state index is 12.7. The molecule has 0 saturated carbocycles. The van der Waals surface area contributed by atoms with Crippen molar-refractivity contribution < 1.29 is 20.6 Å². The first-order valence-electron chi connectivity index (χ1n) is 6.92. The van der Waals surface area contributed by atoms with E-state index in [9.17, 15) is 14.4 Å². The van der Waals surface area contributed by atoms with Crippen LogP contribution in [0.1, 0.15) is 29.8 Å². The van der Waals surface area contributed by atoms with Crippen molar-refractivity contribution in [2.75, 3.05) is 0 Å². The van der Waals surface area contributed by atoms with Crippen LogP contribution >= 0.6 is 0 Å². The first-order chi connectivity index (χ1) is 11.0. The van der Waals surface area contributed by atoms with E-state index < -0.39 is 30.9 Å². The van der Waals surface area contributed by atoms with Crippen LogP contribution in [-0.4, -0.2) is 36.7 Å². The number of hydrogen-bond acceptors (Lipinski definition) is 5. The standard InChI is InChI=1S/C17H14O5Te/c1-11(18)21-23(22-12(2)19)15-9-5-3-7-13(15)17(20)14-8-4-6-10-16(14)23/h3-10H,1-2H3. The Morgan fingerprint density at radius 1 is 0.783 bits per heavy atom. The van der Waals surface area contributed by atoms with Crippen molar-refractivity contribution in [3.8, 4) is 0 Å². The summed E-state index contributed by atoms with van der Waals surface area (Å²) >= 11 is -4.30. The van der Waals surface area contributed by atoms with Gasteiger partial charge in [0.05, 0.1) is 0 Å². The Bertz CT molecular complexity index is 760. The van der Waals surface area contributed by atoms with E-state index in [0.717, 1.165) is 0 Å². The summed E-state index contributed by atoms with van der Waals surface area (Å²) in [7, 11) is 0. The van der Waals surface area contributed by atoms with Crippen molar-refractivity contribution in [3.05, 3.63) is 59.7 Å². The number of ketones is 1. The van der Waals surface area contributed by atoms with Gasteiger partial charge >= 0.3 is 138 Å². The molecule has 0 spiro atoms. The van der Waals surface area contributed by atoms with Gasteiger partial charge in [-0.15, -0.1) is 0 Å². The van der Waals surface area contributed by atoms with Gasteiger partial charge in [-0.25, -0.2) is 0 Å². The Balaban J connectivity index is 2.37. The van der Waals surface area contributed by atoms with E-state index in [-0.39, 0.29) is 5.78 Å². The molecule has 3 rings (SSSR count). The summed E-state index contributed by atoms with van der Waals surface area (Å²) in [5.74, 6) is -1.23. The molecule has 0 fully saturated rings. The monoisotopic (exact) mass is 428 g/mol. The van der Waals surface area contributed by atoms with E-state index >= 15 is 0 Å². The number of carbonyl (C=O) groups excluding carboxylic acids is 3. The van der Waals surface area contributed by atoms with Crippen molar-refractivity contribution in [1.82, 2.24) is 0 Å². The molecule has 1 aliphatic rings. The zero-order valence-corrected chi connectivity index (χ0v) is 14.9. The number of hydrogen-bond donors (Lipinski definition) is 0. The second kappa shape index (κ2) is 5.80. The number of fused-ring (bicyclic) bond motifs is 2. The summed E-state index contributed by atoms with van der Waals surface area (Å²) in [6.45, 7) is 2.55. The summed E-state index contributed by atoms with van der Waals surface area (Å²) < 4.78 is 12.4. The fraction of sp³-hybridized carbons (Fsp3) is 0.118. The van der Waals surface area contributed by atoms with Crippen LogP contribution in [-0.2, 0) is 15.8 Å². The van der Waals surface area contributed by atoms with E-state index in [1.54, 1.807) is 48.5 Å². The molecule has 6 heteroatoms. The topological polar surface area (TPSA) is 69.7 Å². The van der Waals surface area contributed by atoms with E-state index in [1.807, 2.05) is 0 Å². The number of benzene rings is 2. The molecule has 2 aromatic carbocycles. The van der Waals surface area contributed by atoms with Gasteiger partial charge in [-0.2, -0.15) is 0 Å². The minimum atomic E-state index is -4.30. The number of carbonyl (C=O) groups is 3. The van der Waals surface area contributed by atoms with E-state index in [0.29, 0.717) is 18.3 Å². The Hall–Kier alpha value is -2.16. The van der Waals surface area contributed by atoms with E-state index in [2.05, 4.69) is 0 Å². The van der Waals surface area contributed by atoms with Crippen molar-refractivity contribution in [3.63, 3.8) is 0 Å². The van der Waals surface area contributed by atoms with E-state index in [4.69, 9.17) is 6.20 Å². The third-order valence-corrected chi connectivity index (χ3v) is 11.3. The first-order valence-corrected chi connectivity index (χ1v) is 11.2. The predicted octanol–water partition coefficient (Wildman–Crippen LogP) is 0.914. The van der Waals surface area contributed by atoms with Crippen molar-refractivity contribution in [2.45, 2.75) is 13.8 Å². The van der Waals surface area contributed by atoms with Crippen molar-refractivity contribution >= 4 is 43.9 Å². The van der Waals surface area contributed by atoms with Crippen molar-refractivity contribution in [2.24, 2.45) is 0 Å². The molecule has 23 heavy (non-hydrogen) atoms. The molecule has 0 amide bonds. The minimum absolute atomic E-state index is 0.155.